The first-order valence-corrected chi connectivity index (χ1v) is 12.4. The fourth-order valence-electron chi connectivity index (χ4n) is 4.16. The second-order valence-electron chi connectivity index (χ2n) is 8.68. The zero-order valence-corrected chi connectivity index (χ0v) is 21.3. The van der Waals surface area contributed by atoms with E-state index in [9.17, 15) is 22.8 Å². The third-order valence-electron chi connectivity index (χ3n) is 6.02. The van der Waals surface area contributed by atoms with E-state index in [1.807, 2.05) is 12.1 Å². The Morgan fingerprint density at radius 3 is 2.42 bits per heavy atom. The number of hydrogen-bond acceptors (Lipinski definition) is 3. The normalized spacial score (nSPS) is 12.4. The molecule has 6 nitrogen and oxygen atoms in total. The number of benzene rings is 3. The molecule has 11 heteroatoms. The number of carbonyl (C=O) groups is 2. The topological polar surface area (TPSA) is 84.2 Å². The predicted octanol–water partition coefficient (Wildman–Crippen LogP) is 7.15. The van der Waals surface area contributed by atoms with Crippen LogP contribution in [0.1, 0.15) is 41.2 Å². The minimum absolute atomic E-state index is 0.0351. The predicted molar refractivity (Wildman–Crippen MR) is 140 cm³/mol. The number of amides is 1. The van der Waals surface area contributed by atoms with Crippen molar-refractivity contribution < 1.29 is 27.9 Å². The second kappa shape index (κ2) is 11.4. The van der Waals surface area contributed by atoms with Crippen molar-refractivity contribution in [3.05, 3.63) is 88.0 Å². The van der Waals surface area contributed by atoms with E-state index in [0.29, 0.717) is 21.1 Å². The average Bonchev–Trinajstić information content (AvgIpc) is 3.26. The Morgan fingerprint density at radius 2 is 1.76 bits per heavy atom. The molecule has 1 aromatic heterocycles. The van der Waals surface area contributed by atoms with Crippen LogP contribution in [0.3, 0.4) is 0 Å². The fourth-order valence-corrected chi connectivity index (χ4v) is 4.68. The smallest absolute Gasteiger partial charge is 0.389 e. The highest BCUT2D eigenvalue weighted by molar-refractivity contribution is 6.36. The van der Waals surface area contributed by atoms with Crippen molar-refractivity contribution in [3.63, 3.8) is 0 Å². The molecule has 0 fully saturated rings. The summed E-state index contributed by atoms with van der Waals surface area (Å²) < 4.78 is 41.1. The summed E-state index contributed by atoms with van der Waals surface area (Å²) in [5.41, 5.74) is 3.02. The SMILES string of the molecule is O=C(O)CCNC(=O)c1ccc(C(CCC(F)(F)F)n2ncc3cc(-c4ccc(Cl)cc4Cl)ccc32)cc1. The lowest BCUT2D eigenvalue weighted by Gasteiger charge is -2.20. The van der Waals surface area contributed by atoms with Crippen molar-refractivity contribution in [1.82, 2.24) is 15.1 Å². The van der Waals surface area contributed by atoms with E-state index in [4.69, 9.17) is 28.3 Å². The highest BCUT2D eigenvalue weighted by Gasteiger charge is 2.30. The van der Waals surface area contributed by atoms with Gasteiger partial charge >= 0.3 is 12.1 Å². The van der Waals surface area contributed by atoms with Crippen LogP contribution in [0.2, 0.25) is 10.0 Å². The molecule has 4 aromatic rings. The molecule has 0 saturated carbocycles. The molecule has 0 aliphatic rings. The number of rotatable bonds is 9. The lowest BCUT2D eigenvalue weighted by atomic mass is 9.99. The molecule has 198 valence electrons. The first kappa shape index (κ1) is 27.5. The molecule has 1 unspecified atom stereocenters. The molecule has 1 amide bonds. The van der Waals surface area contributed by atoms with Gasteiger partial charge in [-0.1, -0.05) is 47.5 Å². The Morgan fingerprint density at radius 1 is 1.03 bits per heavy atom. The van der Waals surface area contributed by atoms with Gasteiger partial charge in [0.1, 0.15) is 0 Å². The molecule has 4 rings (SSSR count). The van der Waals surface area contributed by atoms with Gasteiger partial charge in [0.2, 0.25) is 0 Å². The van der Waals surface area contributed by atoms with Gasteiger partial charge in [0, 0.05) is 39.5 Å². The summed E-state index contributed by atoms with van der Waals surface area (Å²) in [6.07, 6.45) is -4.26. The molecule has 3 aromatic carbocycles. The van der Waals surface area contributed by atoms with Gasteiger partial charge in [0.25, 0.3) is 5.91 Å². The number of carbonyl (C=O) groups excluding carboxylic acids is 1. The number of alkyl halides is 3. The Balaban J connectivity index is 1.64. The lowest BCUT2D eigenvalue weighted by Crippen LogP contribution is -2.26. The Kier molecular flexibility index (Phi) is 8.28. The summed E-state index contributed by atoms with van der Waals surface area (Å²) in [7, 11) is 0. The molecule has 0 spiro atoms. The molecule has 38 heavy (non-hydrogen) atoms. The largest absolute Gasteiger partial charge is 0.481 e. The van der Waals surface area contributed by atoms with Crippen LogP contribution in [0.25, 0.3) is 22.0 Å². The Hall–Kier alpha value is -3.56. The van der Waals surface area contributed by atoms with Crippen molar-refractivity contribution in [1.29, 1.82) is 0 Å². The summed E-state index contributed by atoms with van der Waals surface area (Å²) in [5, 5.41) is 17.3. The number of carboxylic acids is 1. The molecule has 0 aliphatic carbocycles. The standard InChI is InChI=1S/C27H22Cl2F3N3O3/c28-20-6-7-21(22(29)14-20)18-5-8-23-19(13-18)15-34-35(23)24(9-11-27(30,31)32)16-1-3-17(4-2-16)26(38)33-12-10-25(36)37/h1-8,13-15,24H,9-12H2,(H,33,38)(H,36,37). The molecule has 0 bridgehead atoms. The van der Waals surface area contributed by atoms with Crippen molar-refractivity contribution >= 4 is 46.0 Å². The second-order valence-corrected chi connectivity index (χ2v) is 9.52. The number of aromatic nitrogens is 2. The molecule has 0 aliphatic heterocycles. The van der Waals surface area contributed by atoms with Crippen LogP contribution >= 0.6 is 23.2 Å². The van der Waals surface area contributed by atoms with E-state index in [1.165, 1.54) is 12.1 Å². The van der Waals surface area contributed by atoms with Crippen LogP contribution in [0, 0.1) is 0 Å². The van der Waals surface area contributed by atoms with Gasteiger partial charge in [-0.25, -0.2) is 0 Å². The average molecular weight is 564 g/mol. The monoisotopic (exact) mass is 563 g/mol. The Labute approximate surface area is 226 Å². The number of halogens is 5. The molecule has 2 N–H and O–H groups in total. The lowest BCUT2D eigenvalue weighted by molar-refractivity contribution is -0.137. The summed E-state index contributed by atoms with van der Waals surface area (Å²) in [6.45, 7) is -0.0351. The van der Waals surface area contributed by atoms with E-state index >= 15 is 0 Å². The Bertz CT molecular complexity index is 1470. The van der Waals surface area contributed by atoms with Gasteiger partial charge in [0.05, 0.1) is 24.2 Å². The zero-order valence-electron chi connectivity index (χ0n) is 19.8. The number of fused-ring (bicyclic) bond motifs is 1. The molecule has 0 saturated heterocycles. The third-order valence-corrected chi connectivity index (χ3v) is 6.56. The fraction of sp³-hybridized carbons (Fsp3) is 0.222. The maximum atomic E-state index is 13.2. The number of aliphatic carboxylic acids is 1. The van der Waals surface area contributed by atoms with Gasteiger partial charge in [-0.2, -0.15) is 18.3 Å². The molecular weight excluding hydrogens is 542 g/mol. The number of nitrogens with one attached hydrogen (secondary N) is 1. The number of hydrogen-bond donors (Lipinski definition) is 2. The van der Waals surface area contributed by atoms with Crippen molar-refractivity contribution in [3.8, 4) is 11.1 Å². The van der Waals surface area contributed by atoms with Crippen LogP contribution in [-0.2, 0) is 4.79 Å². The van der Waals surface area contributed by atoms with Gasteiger partial charge in [-0.05, 0) is 53.9 Å². The van der Waals surface area contributed by atoms with E-state index < -0.39 is 30.5 Å². The summed E-state index contributed by atoms with van der Waals surface area (Å²) in [4.78, 5) is 22.9. The van der Waals surface area contributed by atoms with Gasteiger partial charge < -0.3 is 10.4 Å². The quantitative estimate of drug-likeness (QED) is 0.226. The summed E-state index contributed by atoms with van der Waals surface area (Å²) in [5.74, 6) is -1.51. The minimum atomic E-state index is -4.36. The van der Waals surface area contributed by atoms with Crippen LogP contribution in [-0.4, -0.2) is 39.5 Å². The van der Waals surface area contributed by atoms with Crippen LogP contribution in [0.4, 0.5) is 13.2 Å². The minimum Gasteiger partial charge on any atom is -0.481 e. The molecular formula is C27H22Cl2F3N3O3. The van der Waals surface area contributed by atoms with E-state index in [-0.39, 0.29) is 24.9 Å². The number of nitrogens with zero attached hydrogens (tertiary/aromatic N) is 2. The summed E-state index contributed by atoms with van der Waals surface area (Å²) in [6, 6.07) is 16.0. The highest BCUT2D eigenvalue weighted by atomic mass is 35.5. The maximum Gasteiger partial charge on any atom is 0.389 e. The van der Waals surface area contributed by atoms with Crippen molar-refractivity contribution in [2.45, 2.75) is 31.5 Å². The third kappa shape index (κ3) is 6.65. The first-order valence-electron chi connectivity index (χ1n) is 11.6. The maximum absolute atomic E-state index is 13.2. The zero-order chi connectivity index (χ0) is 27.4. The highest BCUT2D eigenvalue weighted by Crippen LogP contribution is 2.35. The van der Waals surface area contributed by atoms with Crippen LogP contribution in [0.5, 0.6) is 0 Å². The van der Waals surface area contributed by atoms with Crippen molar-refractivity contribution in [2.24, 2.45) is 0 Å². The van der Waals surface area contributed by atoms with E-state index in [2.05, 4.69) is 10.4 Å². The van der Waals surface area contributed by atoms with Crippen LogP contribution in [0.15, 0.2) is 66.9 Å². The molecule has 0 radical (unpaired) electrons. The van der Waals surface area contributed by atoms with E-state index in [0.717, 1.165) is 16.5 Å². The van der Waals surface area contributed by atoms with Crippen molar-refractivity contribution in [2.75, 3.05) is 6.54 Å². The van der Waals surface area contributed by atoms with Gasteiger partial charge in [0.15, 0.2) is 0 Å². The van der Waals surface area contributed by atoms with E-state index in [1.54, 1.807) is 47.3 Å². The number of carboxylic acid groups (broad SMARTS) is 1. The van der Waals surface area contributed by atoms with Gasteiger partial charge in [-0.15, -0.1) is 0 Å². The first-order chi connectivity index (χ1) is 18.0. The van der Waals surface area contributed by atoms with Gasteiger partial charge in [-0.3, -0.25) is 14.3 Å². The molecule has 1 atom stereocenters. The summed E-state index contributed by atoms with van der Waals surface area (Å²) >= 11 is 12.3. The molecule has 1 heterocycles. The van der Waals surface area contributed by atoms with Crippen LogP contribution < -0.4 is 5.32 Å².